The highest BCUT2D eigenvalue weighted by molar-refractivity contribution is 6.00. The van der Waals surface area contributed by atoms with Crippen molar-refractivity contribution >= 4 is 5.78 Å². The zero-order chi connectivity index (χ0) is 14.6. The maximum absolute atomic E-state index is 12.7. The fraction of sp³-hybridized carbons (Fsp3) is 0.588. The van der Waals surface area contributed by atoms with Gasteiger partial charge >= 0.3 is 0 Å². The fourth-order valence-electron chi connectivity index (χ4n) is 2.87. The SMILES string of the molecule is CN1CCCN(CC(C)(C)C(=O)c2ccccc2)CC1. The summed E-state index contributed by atoms with van der Waals surface area (Å²) >= 11 is 0. The highest BCUT2D eigenvalue weighted by Crippen LogP contribution is 2.24. The van der Waals surface area contributed by atoms with E-state index in [0.717, 1.165) is 38.3 Å². The number of carbonyl (C=O) groups is 1. The maximum atomic E-state index is 12.7. The molecule has 0 amide bonds. The minimum absolute atomic E-state index is 0.246. The number of rotatable bonds is 4. The van der Waals surface area contributed by atoms with E-state index in [9.17, 15) is 4.79 Å². The molecule has 2 rings (SSSR count). The maximum Gasteiger partial charge on any atom is 0.169 e. The van der Waals surface area contributed by atoms with Crippen LogP contribution in [0.4, 0.5) is 0 Å². The summed E-state index contributed by atoms with van der Waals surface area (Å²) in [6.45, 7) is 9.37. The lowest BCUT2D eigenvalue weighted by molar-refractivity contribution is 0.0767. The van der Waals surface area contributed by atoms with E-state index in [1.54, 1.807) is 0 Å². The number of ketones is 1. The van der Waals surface area contributed by atoms with Crippen LogP contribution in [0, 0.1) is 5.41 Å². The average molecular weight is 274 g/mol. The van der Waals surface area contributed by atoms with E-state index >= 15 is 0 Å². The van der Waals surface area contributed by atoms with Crippen molar-refractivity contribution < 1.29 is 4.79 Å². The molecule has 1 saturated heterocycles. The number of benzene rings is 1. The van der Waals surface area contributed by atoms with Crippen molar-refractivity contribution in [1.29, 1.82) is 0 Å². The zero-order valence-electron chi connectivity index (χ0n) is 12.9. The summed E-state index contributed by atoms with van der Waals surface area (Å²) in [5.74, 6) is 0.246. The molecule has 0 N–H and O–H groups in total. The molecule has 0 saturated carbocycles. The van der Waals surface area contributed by atoms with Gasteiger partial charge in [-0.15, -0.1) is 0 Å². The summed E-state index contributed by atoms with van der Waals surface area (Å²) in [4.78, 5) is 17.5. The molecule has 1 aliphatic rings. The van der Waals surface area contributed by atoms with Crippen LogP contribution in [0.5, 0.6) is 0 Å². The van der Waals surface area contributed by atoms with Crippen LogP contribution in [0.2, 0.25) is 0 Å². The fourth-order valence-corrected chi connectivity index (χ4v) is 2.87. The van der Waals surface area contributed by atoms with Crippen molar-refractivity contribution in [2.75, 3.05) is 39.8 Å². The molecular weight excluding hydrogens is 248 g/mol. The third-order valence-corrected chi connectivity index (χ3v) is 4.08. The summed E-state index contributed by atoms with van der Waals surface area (Å²) < 4.78 is 0. The van der Waals surface area contributed by atoms with E-state index in [0.29, 0.717) is 0 Å². The van der Waals surface area contributed by atoms with Crippen LogP contribution >= 0.6 is 0 Å². The largest absolute Gasteiger partial charge is 0.305 e. The molecule has 0 atom stereocenters. The van der Waals surface area contributed by atoms with Gasteiger partial charge in [-0.1, -0.05) is 44.2 Å². The Morgan fingerprint density at radius 3 is 2.50 bits per heavy atom. The third-order valence-electron chi connectivity index (χ3n) is 4.08. The number of carbonyl (C=O) groups excluding carboxylic acids is 1. The van der Waals surface area contributed by atoms with Crippen LogP contribution in [-0.4, -0.2) is 55.4 Å². The van der Waals surface area contributed by atoms with E-state index in [1.165, 1.54) is 6.42 Å². The van der Waals surface area contributed by atoms with Gasteiger partial charge in [-0.3, -0.25) is 4.79 Å². The molecule has 110 valence electrons. The molecule has 0 radical (unpaired) electrons. The Bertz CT molecular complexity index is 442. The quantitative estimate of drug-likeness (QED) is 0.788. The van der Waals surface area contributed by atoms with Gasteiger partial charge in [0.1, 0.15) is 0 Å². The first-order valence-corrected chi connectivity index (χ1v) is 7.50. The number of hydrogen-bond donors (Lipinski definition) is 0. The lowest BCUT2D eigenvalue weighted by Gasteiger charge is -2.31. The van der Waals surface area contributed by atoms with E-state index in [4.69, 9.17) is 0 Å². The van der Waals surface area contributed by atoms with E-state index in [1.807, 2.05) is 30.3 Å². The molecule has 1 aliphatic heterocycles. The topological polar surface area (TPSA) is 23.6 Å². The Hall–Kier alpha value is -1.19. The summed E-state index contributed by atoms with van der Waals surface area (Å²) in [6, 6.07) is 9.66. The molecular formula is C17H26N2O. The minimum atomic E-state index is -0.329. The Morgan fingerprint density at radius 1 is 1.10 bits per heavy atom. The molecule has 0 aliphatic carbocycles. The minimum Gasteiger partial charge on any atom is -0.305 e. The van der Waals surface area contributed by atoms with Crippen molar-refractivity contribution in [3.8, 4) is 0 Å². The molecule has 1 aromatic carbocycles. The first-order valence-electron chi connectivity index (χ1n) is 7.50. The highest BCUT2D eigenvalue weighted by Gasteiger charge is 2.31. The van der Waals surface area contributed by atoms with Gasteiger partial charge in [-0.25, -0.2) is 0 Å². The van der Waals surface area contributed by atoms with Crippen LogP contribution < -0.4 is 0 Å². The monoisotopic (exact) mass is 274 g/mol. The van der Waals surface area contributed by atoms with Gasteiger partial charge in [0.05, 0.1) is 0 Å². The van der Waals surface area contributed by atoms with Crippen molar-refractivity contribution in [3.05, 3.63) is 35.9 Å². The average Bonchev–Trinajstić information content (AvgIpc) is 2.63. The zero-order valence-corrected chi connectivity index (χ0v) is 12.9. The first-order chi connectivity index (χ1) is 9.49. The molecule has 0 bridgehead atoms. The van der Waals surface area contributed by atoms with Crippen LogP contribution in [0.3, 0.4) is 0 Å². The summed E-state index contributed by atoms with van der Waals surface area (Å²) in [5, 5.41) is 0. The normalized spacial score (nSPS) is 18.8. The summed E-state index contributed by atoms with van der Waals surface area (Å²) in [7, 11) is 2.17. The summed E-state index contributed by atoms with van der Waals surface area (Å²) in [6.07, 6.45) is 1.19. The lowest BCUT2D eigenvalue weighted by Crippen LogP contribution is -2.41. The van der Waals surface area contributed by atoms with Gasteiger partial charge in [0.25, 0.3) is 0 Å². The Balaban J connectivity index is 2.01. The van der Waals surface area contributed by atoms with Crippen LogP contribution in [0.25, 0.3) is 0 Å². The van der Waals surface area contributed by atoms with Gasteiger partial charge in [0.15, 0.2) is 5.78 Å². The number of likely N-dealkylation sites (N-methyl/N-ethyl adjacent to an activating group) is 1. The standard InChI is InChI=1S/C17H26N2O/c1-17(2,16(20)15-8-5-4-6-9-15)14-19-11-7-10-18(3)12-13-19/h4-6,8-9H,7,10-14H2,1-3H3. The molecule has 1 aromatic rings. The van der Waals surface area contributed by atoms with Gasteiger partial charge in [-0.2, -0.15) is 0 Å². The van der Waals surface area contributed by atoms with E-state index < -0.39 is 0 Å². The smallest absolute Gasteiger partial charge is 0.169 e. The Kier molecular flexibility index (Phi) is 4.95. The molecule has 3 heteroatoms. The van der Waals surface area contributed by atoms with Gasteiger partial charge < -0.3 is 9.80 Å². The molecule has 1 heterocycles. The van der Waals surface area contributed by atoms with Crippen LogP contribution in [0.15, 0.2) is 30.3 Å². The van der Waals surface area contributed by atoms with Crippen molar-refractivity contribution in [3.63, 3.8) is 0 Å². The van der Waals surface area contributed by atoms with Crippen LogP contribution in [-0.2, 0) is 0 Å². The second kappa shape index (κ2) is 6.51. The predicted molar refractivity (Wildman–Crippen MR) is 83.1 cm³/mol. The second-order valence-corrected chi connectivity index (χ2v) is 6.51. The third kappa shape index (κ3) is 3.90. The number of nitrogens with zero attached hydrogens (tertiary/aromatic N) is 2. The summed E-state index contributed by atoms with van der Waals surface area (Å²) in [5.41, 5.74) is 0.494. The predicted octanol–water partition coefficient (Wildman–Crippen LogP) is 2.53. The molecule has 20 heavy (non-hydrogen) atoms. The Labute approximate surface area is 122 Å². The molecule has 0 aromatic heterocycles. The van der Waals surface area contributed by atoms with Crippen molar-refractivity contribution in [2.45, 2.75) is 20.3 Å². The lowest BCUT2D eigenvalue weighted by atomic mass is 9.83. The van der Waals surface area contributed by atoms with E-state index in [-0.39, 0.29) is 11.2 Å². The molecule has 3 nitrogen and oxygen atoms in total. The number of hydrogen-bond acceptors (Lipinski definition) is 3. The van der Waals surface area contributed by atoms with Crippen LogP contribution in [0.1, 0.15) is 30.6 Å². The van der Waals surface area contributed by atoms with Gasteiger partial charge in [-0.05, 0) is 26.6 Å². The second-order valence-electron chi connectivity index (χ2n) is 6.51. The first kappa shape index (κ1) is 15.2. The van der Waals surface area contributed by atoms with Gasteiger partial charge in [0, 0.05) is 30.6 Å². The molecule has 1 fully saturated rings. The highest BCUT2D eigenvalue weighted by atomic mass is 16.1. The number of Topliss-reactive ketones (excluding diaryl/α,β-unsaturated/α-hetero) is 1. The Morgan fingerprint density at radius 2 is 1.80 bits per heavy atom. The van der Waals surface area contributed by atoms with Crippen molar-refractivity contribution in [2.24, 2.45) is 5.41 Å². The molecule has 0 unspecified atom stereocenters. The van der Waals surface area contributed by atoms with Crippen molar-refractivity contribution in [1.82, 2.24) is 9.80 Å². The molecule has 0 spiro atoms. The van der Waals surface area contributed by atoms with Gasteiger partial charge in [0.2, 0.25) is 0 Å². The van der Waals surface area contributed by atoms with E-state index in [2.05, 4.69) is 30.7 Å².